The fourth-order valence-corrected chi connectivity index (χ4v) is 3.20. The van der Waals surface area contributed by atoms with E-state index in [2.05, 4.69) is 25.2 Å². The normalized spacial score (nSPS) is 18.6. The molecule has 112 valence electrons. The summed E-state index contributed by atoms with van der Waals surface area (Å²) in [7, 11) is -0.861. The highest BCUT2D eigenvalue weighted by Gasteiger charge is 2.16. The number of halogens is 1. The molecule has 1 saturated heterocycles. The summed E-state index contributed by atoms with van der Waals surface area (Å²) >= 11 is 5.97. The monoisotopic (exact) mass is 317 g/mol. The van der Waals surface area contributed by atoms with E-state index in [0.29, 0.717) is 17.6 Å². The van der Waals surface area contributed by atoms with Gasteiger partial charge in [-0.2, -0.15) is 15.0 Å². The highest BCUT2D eigenvalue weighted by Crippen LogP contribution is 2.18. The van der Waals surface area contributed by atoms with Gasteiger partial charge in [0.25, 0.3) is 0 Å². The van der Waals surface area contributed by atoms with Crippen molar-refractivity contribution in [2.75, 3.05) is 35.3 Å². The van der Waals surface area contributed by atoms with Crippen molar-refractivity contribution in [3.63, 3.8) is 0 Å². The van der Waals surface area contributed by atoms with Crippen LogP contribution < -0.4 is 10.2 Å². The van der Waals surface area contributed by atoms with Gasteiger partial charge < -0.3 is 10.2 Å². The van der Waals surface area contributed by atoms with E-state index in [1.54, 1.807) is 6.26 Å². The van der Waals surface area contributed by atoms with Crippen molar-refractivity contribution in [3.8, 4) is 0 Å². The number of rotatable bonds is 5. The molecule has 2 atom stereocenters. The molecule has 0 aliphatic carbocycles. The molecule has 0 radical (unpaired) electrons. The van der Waals surface area contributed by atoms with Crippen LogP contribution in [-0.4, -0.2) is 50.3 Å². The zero-order valence-electron chi connectivity index (χ0n) is 11.8. The fraction of sp³-hybridized carbons (Fsp3) is 0.750. The van der Waals surface area contributed by atoms with Crippen LogP contribution in [-0.2, 0) is 10.8 Å². The van der Waals surface area contributed by atoms with Crippen molar-refractivity contribution >= 4 is 34.3 Å². The maximum atomic E-state index is 11.2. The first-order valence-electron chi connectivity index (χ1n) is 6.77. The van der Waals surface area contributed by atoms with Crippen LogP contribution in [0.1, 0.15) is 26.2 Å². The average molecular weight is 318 g/mol. The van der Waals surface area contributed by atoms with Crippen LogP contribution >= 0.6 is 11.6 Å². The molecule has 20 heavy (non-hydrogen) atoms. The molecule has 0 spiro atoms. The number of piperidine rings is 1. The first-order chi connectivity index (χ1) is 9.54. The molecular weight excluding hydrogens is 298 g/mol. The van der Waals surface area contributed by atoms with Crippen LogP contribution in [0, 0.1) is 0 Å². The molecule has 0 aromatic carbocycles. The summed E-state index contributed by atoms with van der Waals surface area (Å²) in [4.78, 5) is 14.8. The van der Waals surface area contributed by atoms with Gasteiger partial charge in [0.2, 0.25) is 17.2 Å². The number of nitrogens with one attached hydrogen (secondary N) is 1. The number of aromatic nitrogens is 3. The predicted molar refractivity (Wildman–Crippen MR) is 82.9 cm³/mol. The lowest BCUT2D eigenvalue weighted by molar-refractivity contribution is 0.567. The molecule has 8 heteroatoms. The summed E-state index contributed by atoms with van der Waals surface area (Å²) in [5, 5.41) is 3.32. The molecule has 2 unspecified atom stereocenters. The minimum absolute atomic E-state index is 0.0218. The zero-order valence-corrected chi connectivity index (χ0v) is 13.4. The van der Waals surface area contributed by atoms with E-state index >= 15 is 0 Å². The van der Waals surface area contributed by atoms with E-state index in [9.17, 15) is 4.21 Å². The van der Waals surface area contributed by atoms with Crippen LogP contribution in [0.3, 0.4) is 0 Å². The quantitative estimate of drug-likeness (QED) is 0.891. The van der Waals surface area contributed by atoms with E-state index in [1.165, 1.54) is 6.42 Å². The maximum absolute atomic E-state index is 11.2. The molecule has 1 aromatic heterocycles. The highest BCUT2D eigenvalue weighted by atomic mass is 35.5. The van der Waals surface area contributed by atoms with Crippen molar-refractivity contribution in [1.29, 1.82) is 0 Å². The summed E-state index contributed by atoms with van der Waals surface area (Å²) in [6.45, 7) is 3.85. The molecule has 1 aliphatic heterocycles. The van der Waals surface area contributed by atoms with Crippen molar-refractivity contribution in [2.24, 2.45) is 0 Å². The second-order valence-corrected chi connectivity index (χ2v) is 6.88. The van der Waals surface area contributed by atoms with Gasteiger partial charge in [0, 0.05) is 41.9 Å². The lowest BCUT2D eigenvalue weighted by Crippen LogP contribution is -2.32. The zero-order chi connectivity index (χ0) is 14.5. The smallest absolute Gasteiger partial charge is 0.231 e. The van der Waals surface area contributed by atoms with E-state index < -0.39 is 10.8 Å². The molecule has 1 fully saturated rings. The summed E-state index contributed by atoms with van der Waals surface area (Å²) in [5.41, 5.74) is 0. The number of anilines is 2. The van der Waals surface area contributed by atoms with Gasteiger partial charge in [0.1, 0.15) is 0 Å². The SMILES string of the molecule is CC(CS(C)=O)Nc1nc(Cl)nc(N2CCCCC2)n1. The van der Waals surface area contributed by atoms with Gasteiger partial charge in [-0.1, -0.05) is 0 Å². The van der Waals surface area contributed by atoms with Crippen LogP contribution in [0.15, 0.2) is 0 Å². The Morgan fingerprint density at radius 3 is 2.65 bits per heavy atom. The van der Waals surface area contributed by atoms with E-state index in [4.69, 9.17) is 11.6 Å². The van der Waals surface area contributed by atoms with Crippen molar-refractivity contribution in [1.82, 2.24) is 15.0 Å². The molecule has 0 saturated carbocycles. The molecule has 1 aliphatic rings. The van der Waals surface area contributed by atoms with Crippen LogP contribution in [0.25, 0.3) is 0 Å². The fourth-order valence-electron chi connectivity index (χ4n) is 2.25. The van der Waals surface area contributed by atoms with E-state index in [-0.39, 0.29) is 11.3 Å². The lowest BCUT2D eigenvalue weighted by atomic mass is 10.1. The third kappa shape index (κ3) is 4.56. The Morgan fingerprint density at radius 2 is 2.00 bits per heavy atom. The second-order valence-electron chi connectivity index (χ2n) is 5.06. The molecule has 2 heterocycles. The molecule has 0 amide bonds. The first kappa shape index (κ1) is 15.4. The van der Waals surface area contributed by atoms with Crippen molar-refractivity contribution < 1.29 is 4.21 Å². The summed E-state index contributed by atoms with van der Waals surface area (Å²) in [6.07, 6.45) is 5.23. The molecule has 1 aromatic rings. The average Bonchev–Trinajstić information content (AvgIpc) is 2.38. The highest BCUT2D eigenvalue weighted by molar-refractivity contribution is 7.84. The lowest BCUT2D eigenvalue weighted by Gasteiger charge is -2.26. The minimum Gasteiger partial charge on any atom is -0.351 e. The van der Waals surface area contributed by atoms with Crippen LogP contribution in [0.2, 0.25) is 5.28 Å². The second kappa shape index (κ2) is 7.17. The van der Waals surface area contributed by atoms with Gasteiger partial charge in [-0.05, 0) is 37.8 Å². The molecular formula is C12H20ClN5OS. The third-order valence-electron chi connectivity index (χ3n) is 3.10. The Kier molecular flexibility index (Phi) is 5.54. The molecule has 0 bridgehead atoms. The van der Waals surface area contributed by atoms with Crippen molar-refractivity contribution in [3.05, 3.63) is 5.28 Å². The predicted octanol–water partition coefficient (Wildman–Crippen LogP) is 1.69. The Hall–Kier alpha value is -0.950. The first-order valence-corrected chi connectivity index (χ1v) is 8.88. The molecule has 2 rings (SSSR count). The topological polar surface area (TPSA) is 71.0 Å². The minimum atomic E-state index is -0.861. The van der Waals surface area contributed by atoms with Gasteiger partial charge >= 0.3 is 0 Å². The van der Waals surface area contributed by atoms with Crippen LogP contribution in [0.5, 0.6) is 0 Å². The van der Waals surface area contributed by atoms with Crippen molar-refractivity contribution in [2.45, 2.75) is 32.2 Å². The number of hydrogen-bond acceptors (Lipinski definition) is 6. The molecule has 1 N–H and O–H groups in total. The maximum Gasteiger partial charge on any atom is 0.231 e. The van der Waals surface area contributed by atoms with E-state index in [1.807, 2.05) is 6.92 Å². The standard InChI is InChI=1S/C12H20ClN5OS/c1-9(8-20(2)19)14-11-15-10(13)16-12(17-11)18-6-4-3-5-7-18/h9H,3-8H2,1-2H3,(H,14,15,16,17). The van der Waals surface area contributed by atoms with Crippen LogP contribution in [0.4, 0.5) is 11.9 Å². The Balaban J connectivity index is 2.09. The molecule has 6 nitrogen and oxygen atoms in total. The van der Waals surface area contributed by atoms with Gasteiger partial charge in [-0.3, -0.25) is 4.21 Å². The van der Waals surface area contributed by atoms with Gasteiger partial charge in [0.05, 0.1) is 0 Å². The van der Waals surface area contributed by atoms with Gasteiger partial charge in [-0.25, -0.2) is 0 Å². The van der Waals surface area contributed by atoms with Gasteiger partial charge in [-0.15, -0.1) is 0 Å². The Morgan fingerprint density at radius 1 is 1.30 bits per heavy atom. The summed E-state index contributed by atoms with van der Waals surface area (Å²) in [5.74, 6) is 1.61. The third-order valence-corrected chi connectivity index (χ3v) is 4.23. The summed E-state index contributed by atoms with van der Waals surface area (Å²) in [6, 6.07) is 0.0218. The van der Waals surface area contributed by atoms with Gasteiger partial charge in [0.15, 0.2) is 0 Å². The summed E-state index contributed by atoms with van der Waals surface area (Å²) < 4.78 is 11.2. The van der Waals surface area contributed by atoms with E-state index in [0.717, 1.165) is 25.9 Å². The number of hydrogen-bond donors (Lipinski definition) is 1. The largest absolute Gasteiger partial charge is 0.351 e. The Bertz CT molecular complexity index is 481. The number of nitrogens with zero attached hydrogens (tertiary/aromatic N) is 4. The Labute approximate surface area is 126 Å².